The fourth-order valence-corrected chi connectivity index (χ4v) is 3.16. The highest BCUT2D eigenvalue weighted by atomic mass is 16.3. The maximum atomic E-state index is 5.56. The molecule has 0 amide bonds. The molecule has 1 saturated carbocycles. The van der Waals surface area contributed by atoms with Gasteiger partial charge in [-0.15, -0.1) is 0 Å². The molecule has 0 radical (unpaired) electrons. The van der Waals surface area contributed by atoms with Crippen LogP contribution in [0.3, 0.4) is 0 Å². The van der Waals surface area contributed by atoms with Crippen molar-refractivity contribution in [1.82, 2.24) is 9.38 Å². The summed E-state index contributed by atoms with van der Waals surface area (Å²) in [5.41, 5.74) is 1.85. The molecule has 0 atom stereocenters. The molecular formula is C17H19N3O. The Labute approximate surface area is 123 Å². The van der Waals surface area contributed by atoms with E-state index in [1.165, 1.54) is 32.1 Å². The maximum Gasteiger partial charge on any atom is 0.156 e. The van der Waals surface area contributed by atoms with Gasteiger partial charge in [0.05, 0.1) is 6.26 Å². The zero-order valence-corrected chi connectivity index (χ0v) is 12.0. The summed E-state index contributed by atoms with van der Waals surface area (Å²) >= 11 is 0. The van der Waals surface area contributed by atoms with Crippen LogP contribution in [0.15, 0.2) is 47.2 Å². The summed E-state index contributed by atoms with van der Waals surface area (Å²) in [6.45, 7) is 0. The highest BCUT2D eigenvalue weighted by Gasteiger charge is 2.20. The van der Waals surface area contributed by atoms with Crippen LogP contribution in [0.4, 0.5) is 5.82 Å². The number of fused-ring (bicyclic) bond motifs is 1. The number of nitrogens with one attached hydrogen (secondary N) is 1. The first-order valence-electron chi connectivity index (χ1n) is 7.69. The van der Waals surface area contributed by atoms with E-state index in [0.717, 1.165) is 22.9 Å². The molecule has 0 bridgehead atoms. The first kappa shape index (κ1) is 12.5. The second kappa shape index (κ2) is 5.28. The van der Waals surface area contributed by atoms with Crippen molar-refractivity contribution in [1.29, 1.82) is 0 Å². The van der Waals surface area contributed by atoms with Crippen molar-refractivity contribution in [2.24, 2.45) is 0 Å². The van der Waals surface area contributed by atoms with Gasteiger partial charge in [0.1, 0.15) is 17.2 Å². The van der Waals surface area contributed by atoms with Crippen molar-refractivity contribution in [3.8, 4) is 11.5 Å². The summed E-state index contributed by atoms with van der Waals surface area (Å²) in [6, 6.07) is 10.5. The SMILES string of the molecule is c1coc(-c2nc3ccccn3c2NC2CCCCC2)c1. The van der Waals surface area contributed by atoms with Gasteiger partial charge in [-0.3, -0.25) is 4.40 Å². The standard InChI is InChI=1S/C17H19N3O/c1-2-7-13(8-3-1)18-17-16(14-9-6-12-21-14)19-15-10-4-5-11-20(15)17/h4-6,9-13,18H,1-3,7-8H2. The largest absolute Gasteiger partial charge is 0.463 e. The van der Waals surface area contributed by atoms with E-state index in [9.17, 15) is 0 Å². The van der Waals surface area contributed by atoms with E-state index in [2.05, 4.69) is 15.9 Å². The Balaban J connectivity index is 1.78. The molecule has 0 unspecified atom stereocenters. The monoisotopic (exact) mass is 281 g/mol. The molecule has 3 heterocycles. The second-order valence-electron chi connectivity index (χ2n) is 5.69. The van der Waals surface area contributed by atoms with Gasteiger partial charge in [-0.1, -0.05) is 25.3 Å². The number of hydrogen-bond acceptors (Lipinski definition) is 3. The molecule has 3 aromatic heterocycles. The smallest absolute Gasteiger partial charge is 0.156 e. The van der Waals surface area contributed by atoms with E-state index >= 15 is 0 Å². The van der Waals surface area contributed by atoms with Gasteiger partial charge in [-0.05, 0) is 37.1 Å². The number of aromatic nitrogens is 2. The van der Waals surface area contributed by atoms with E-state index in [0.29, 0.717) is 6.04 Å². The van der Waals surface area contributed by atoms with Crippen molar-refractivity contribution in [2.75, 3.05) is 5.32 Å². The van der Waals surface area contributed by atoms with Crippen molar-refractivity contribution in [3.05, 3.63) is 42.8 Å². The molecule has 4 rings (SSSR count). The van der Waals surface area contributed by atoms with E-state index in [1.54, 1.807) is 6.26 Å². The van der Waals surface area contributed by atoms with Crippen LogP contribution in [0, 0.1) is 0 Å². The van der Waals surface area contributed by atoms with Gasteiger partial charge in [0, 0.05) is 12.2 Å². The fraction of sp³-hybridized carbons (Fsp3) is 0.353. The van der Waals surface area contributed by atoms with E-state index in [4.69, 9.17) is 9.40 Å². The van der Waals surface area contributed by atoms with Crippen molar-refractivity contribution in [2.45, 2.75) is 38.1 Å². The van der Waals surface area contributed by atoms with Crippen LogP contribution in [0.2, 0.25) is 0 Å². The average Bonchev–Trinajstić information content (AvgIpc) is 3.16. The molecule has 0 spiro atoms. The molecule has 21 heavy (non-hydrogen) atoms. The number of rotatable bonds is 3. The number of nitrogens with zero attached hydrogens (tertiary/aromatic N) is 2. The van der Waals surface area contributed by atoms with Crippen LogP contribution in [-0.4, -0.2) is 15.4 Å². The Morgan fingerprint density at radius 1 is 1.10 bits per heavy atom. The molecular weight excluding hydrogens is 262 g/mol. The zero-order chi connectivity index (χ0) is 14.1. The Morgan fingerprint density at radius 3 is 2.81 bits per heavy atom. The van der Waals surface area contributed by atoms with Gasteiger partial charge < -0.3 is 9.73 Å². The molecule has 1 N–H and O–H groups in total. The third kappa shape index (κ3) is 2.31. The third-order valence-electron chi connectivity index (χ3n) is 4.23. The lowest BCUT2D eigenvalue weighted by molar-refractivity contribution is 0.461. The van der Waals surface area contributed by atoms with Crippen LogP contribution in [0.25, 0.3) is 17.1 Å². The lowest BCUT2D eigenvalue weighted by Gasteiger charge is -2.23. The molecule has 1 aliphatic rings. The molecule has 1 aliphatic carbocycles. The highest BCUT2D eigenvalue weighted by molar-refractivity contribution is 5.73. The predicted molar refractivity (Wildman–Crippen MR) is 83.4 cm³/mol. The molecule has 108 valence electrons. The zero-order valence-electron chi connectivity index (χ0n) is 12.0. The van der Waals surface area contributed by atoms with Crippen molar-refractivity contribution >= 4 is 11.5 Å². The number of imidazole rings is 1. The molecule has 4 heteroatoms. The minimum atomic E-state index is 0.535. The van der Waals surface area contributed by atoms with E-state index in [-0.39, 0.29) is 0 Å². The summed E-state index contributed by atoms with van der Waals surface area (Å²) in [5.74, 6) is 1.87. The average molecular weight is 281 g/mol. The number of furan rings is 1. The quantitative estimate of drug-likeness (QED) is 0.776. The van der Waals surface area contributed by atoms with Crippen LogP contribution < -0.4 is 5.32 Å². The lowest BCUT2D eigenvalue weighted by Crippen LogP contribution is -2.23. The van der Waals surface area contributed by atoms with Crippen molar-refractivity contribution < 1.29 is 4.42 Å². The van der Waals surface area contributed by atoms with E-state index < -0.39 is 0 Å². The number of hydrogen-bond donors (Lipinski definition) is 1. The minimum Gasteiger partial charge on any atom is -0.463 e. The van der Waals surface area contributed by atoms with Gasteiger partial charge in [-0.2, -0.15) is 0 Å². The Kier molecular flexibility index (Phi) is 3.14. The minimum absolute atomic E-state index is 0.535. The summed E-state index contributed by atoms with van der Waals surface area (Å²) in [7, 11) is 0. The number of pyridine rings is 1. The summed E-state index contributed by atoms with van der Waals surface area (Å²) in [5, 5.41) is 3.70. The predicted octanol–water partition coefficient (Wildman–Crippen LogP) is 4.34. The number of anilines is 1. The lowest BCUT2D eigenvalue weighted by atomic mass is 9.95. The first-order valence-corrected chi connectivity index (χ1v) is 7.69. The van der Waals surface area contributed by atoms with Gasteiger partial charge in [0.2, 0.25) is 0 Å². The Hall–Kier alpha value is -2.23. The van der Waals surface area contributed by atoms with Crippen LogP contribution in [-0.2, 0) is 0 Å². The van der Waals surface area contributed by atoms with Gasteiger partial charge >= 0.3 is 0 Å². The molecule has 3 aromatic rings. The summed E-state index contributed by atoms with van der Waals surface area (Å²) in [6.07, 6.45) is 10.2. The molecule has 0 aliphatic heterocycles. The molecule has 1 fully saturated rings. The van der Waals surface area contributed by atoms with Gasteiger partial charge in [0.25, 0.3) is 0 Å². The summed E-state index contributed by atoms with van der Waals surface area (Å²) in [4.78, 5) is 4.73. The molecule has 4 nitrogen and oxygen atoms in total. The highest BCUT2D eigenvalue weighted by Crippen LogP contribution is 2.31. The van der Waals surface area contributed by atoms with Gasteiger partial charge in [-0.25, -0.2) is 4.98 Å². The Morgan fingerprint density at radius 2 is 2.00 bits per heavy atom. The van der Waals surface area contributed by atoms with Gasteiger partial charge in [0.15, 0.2) is 5.76 Å². The third-order valence-corrected chi connectivity index (χ3v) is 4.23. The van der Waals surface area contributed by atoms with Crippen molar-refractivity contribution in [3.63, 3.8) is 0 Å². The normalized spacial score (nSPS) is 16.4. The molecule has 0 saturated heterocycles. The van der Waals surface area contributed by atoms with E-state index in [1.807, 2.05) is 30.3 Å². The fourth-order valence-electron chi connectivity index (χ4n) is 3.16. The Bertz CT molecular complexity index is 724. The van der Waals surface area contributed by atoms with Crippen LogP contribution in [0.5, 0.6) is 0 Å². The maximum absolute atomic E-state index is 5.56. The summed E-state index contributed by atoms with van der Waals surface area (Å²) < 4.78 is 7.68. The second-order valence-corrected chi connectivity index (χ2v) is 5.69. The topological polar surface area (TPSA) is 42.5 Å². The van der Waals surface area contributed by atoms with Crippen LogP contribution in [0.1, 0.15) is 32.1 Å². The first-order chi connectivity index (χ1) is 10.4. The molecule has 0 aromatic carbocycles. The van der Waals surface area contributed by atoms with Crippen LogP contribution >= 0.6 is 0 Å².